The highest BCUT2D eigenvalue weighted by Gasteiger charge is 2.30. The number of β-amino-alcohol motifs (C(OH)–C–C–N with tert-alkyl or cyclic N) is 1. The van der Waals surface area contributed by atoms with E-state index < -0.39 is 0 Å². The smallest absolute Gasteiger partial charge is 0.237 e. The van der Waals surface area contributed by atoms with Crippen LogP contribution in [0.25, 0.3) is 0 Å². The van der Waals surface area contributed by atoms with E-state index in [0.29, 0.717) is 13.0 Å². The van der Waals surface area contributed by atoms with Gasteiger partial charge in [-0.15, -0.1) is 0 Å². The molecule has 3 N–H and O–H groups in total. The Morgan fingerprint density at radius 3 is 2.84 bits per heavy atom. The predicted octanol–water partition coefficient (Wildman–Crippen LogP) is 0.383. The molecule has 1 heterocycles. The molecular formula is C15H20N2O2. The quantitative estimate of drug-likeness (QED) is 0.720. The summed E-state index contributed by atoms with van der Waals surface area (Å²) < 4.78 is 0. The molecule has 0 bridgehead atoms. The molecular weight excluding hydrogens is 240 g/mol. The zero-order valence-corrected chi connectivity index (χ0v) is 10.9. The molecule has 1 amide bonds. The van der Waals surface area contributed by atoms with Crippen molar-refractivity contribution in [1.29, 1.82) is 0 Å². The Morgan fingerprint density at radius 1 is 1.32 bits per heavy atom. The fourth-order valence-electron chi connectivity index (χ4n) is 3.04. The Morgan fingerprint density at radius 2 is 2.11 bits per heavy atom. The number of fused-ring (bicyclic) bond motifs is 1. The lowest BCUT2D eigenvalue weighted by Gasteiger charge is -2.26. The molecule has 1 aliphatic heterocycles. The number of hydrogen-bond donors (Lipinski definition) is 3. The van der Waals surface area contributed by atoms with E-state index in [1.165, 1.54) is 11.1 Å². The fraction of sp³-hybridized carbons (Fsp3) is 0.533. The number of carbonyl (C=O) groups excluding carboxylic acids is 1. The third kappa shape index (κ3) is 2.80. The Labute approximate surface area is 113 Å². The van der Waals surface area contributed by atoms with Gasteiger partial charge in [0.1, 0.15) is 0 Å². The number of rotatable bonds is 2. The number of aliphatic hydroxyl groups excluding tert-OH is 1. The van der Waals surface area contributed by atoms with Gasteiger partial charge in [0.25, 0.3) is 0 Å². The van der Waals surface area contributed by atoms with E-state index >= 15 is 0 Å². The van der Waals surface area contributed by atoms with Crippen molar-refractivity contribution in [2.75, 3.05) is 6.54 Å². The molecule has 3 unspecified atom stereocenters. The second kappa shape index (κ2) is 5.31. The molecule has 3 atom stereocenters. The maximum absolute atomic E-state index is 12.1. The molecule has 19 heavy (non-hydrogen) atoms. The summed E-state index contributed by atoms with van der Waals surface area (Å²) in [4.78, 5) is 12.1. The summed E-state index contributed by atoms with van der Waals surface area (Å²) in [6, 6.07) is 8.43. The number of aliphatic hydroxyl groups is 1. The van der Waals surface area contributed by atoms with E-state index in [1.807, 2.05) is 0 Å². The van der Waals surface area contributed by atoms with Crippen molar-refractivity contribution < 1.29 is 9.90 Å². The summed E-state index contributed by atoms with van der Waals surface area (Å²) in [6.07, 6.45) is 3.08. The van der Waals surface area contributed by atoms with Crippen LogP contribution < -0.4 is 10.6 Å². The van der Waals surface area contributed by atoms with Crippen LogP contribution in [0.15, 0.2) is 24.3 Å². The molecule has 1 fully saturated rings. The van der Waals surface area contributed by atoms with Crippen molar-refractivity contribution in [1.82, 2.24) is 10.6 Å². The normalized spacial score (nSPS) is 29.8. The van der Waals surface area contributed by atoms with Crippen LogP contribution in [0, 0.1) is 0 Å². The predicted molar refractivity (Wildman–Crippen MR) is 72.8 cm³/mol. The summed E-state index contributed by atoms with van der Waals surface area (Å²) in [5.41, 5.74) is 2.75. The second-order valence-electron chi connectivity index (χ2n) is 5.57. The molecule has 4 heteroatoms. The molecule has 3 rings (SSSR count). The first-order valence-corrected chi connectivity index (χ1v) is 7.01. The van der Waals surface area contributed by atoms with Gasteiger partial charge in [-0.2, -0.15) is 0 Å². The lowest BCUT2D eigenvalue weighted by atomic mass is 9.88. The van der Waals surface area contributed by atoms with E-state index in [4.69, 9.17) is 0 Å². The number of benzene rings is 1. The lowest BCUT2D eigenvalue weighted by Crippen LogP contribution is -2.47. The first-order chi connectivity index (χ1) is 9.22. The summed E-state index contributed by atoms with van der Waals surface area (Å²) in [7, 11) is 0. The molecule has 1 aliphatic carbocycles. The third-order valence-corrected chi connectivity index (χ3v) is 4.12. The van der Waals surface area contributed by atoms with Gasteiger partial charge in [0.2, 0.25) is 5.91 Å². The third-order valence-electron chi connectivity index (χ3n) is 4.12. The minimum atomic E-state index is -0.386. The molecule has 0 spiro atoms. The van der Waals surface area contributed by atoms with Crippen LogP contribution in [0.1, 0.15) is 24.0 Å². The summed E-state index contributed by atoms with van der Waals surface area (Å²) in [5.74, 6) is 0.0286. The van der Waals surface area contributed by atoms with Crippen molar-refractivity contribution in [2.24, 2.45) is 0 Å². The molecule has 1 saturated heterocycles. The Hall–Kier alpha value is -1.39. The van der Waals surface area contributed by atoms with Crippen LogP contribution in [0.3, 0.4) is 0 Å². The van der Waals surface area contributed by atoms with E-state index in [-0.39, 0.29) is 24.1 Å². The van der Waals surface area contributed by atoms with Crippen LogP contribution in [-0.4, -0.2) is 35.7 Å². The van der Waals surface area contributed by atoms with Gasteiger partial charge in [0, 0.05) is 12.6 Å². The average Bonchev–Trinajstić information content (AvgIpc) is 2.85. The van der Waals surface area contributed by atoms with Crippen LogP contribution >= 0.6 is 0 Å². The van der Waals surface area contributed by atoms with Crippen LogP contribution in [0.5, 0.6) is 0 Å². The van der Waals surface area contributed by atoms with E-state index in [9.17, 15) is 9.90 Å². The van der Waals surface area contributed by atoms with Gasteiger partial charge in [0.05, 0.1) is 12.1 Å². The topological polar surface area (TPSA) is 61.4 Å². The fourth-order valence-corrected chi connectivity index (χ4v) is 3.04. The monoisotopic (exact) mass is 260 g/mol. The number of carbonyl (C=O) groups is 1. The van der Waals surface area contributed by atoms with Crippen LogP contribution in [0.4, 0.5) is 0 Å². The van der Waals surface area contributed by atoms with Gasteiger partial charge in [-0.05, 0) is 36.8 Å². The largest absolute Gasteiger partial charge is 0.392 e. The van der Waals surface area contributed by atoms with E-state index in [1.54, 1.807) is 0 Å². The Bertz CT molecular complexity index is 475. The van der Waals surface area contributed by atoms with E-state index in [0.717, 1.165) is 19.3 Å². The molecule has 1 aromatic carbocycles. The van der Waals surface area contributed by atoms with Gasteiger partial charge < -0.3 is 15.7 Å². The first kappa shape index (κ1) is 12.6. The number of amides is 1. The summed E-state index contributed by atoms with van der Waals surface area (Å²) in [5, 5.41) is 15.6. The van der Waals surface area contributed by atoms with Crippen molar-refractivity contribution in [3.8, 4) is 0 Å². The molecule has 2 aliphatic rings. The highest BCUT2D eigenvalue weighted by Crippen LogP contribution is 2.21. The SMILES string of the molecule is O=C(NC1CCc2ccccc2C1)C1CC(O)CN1. The van der Waals surface area contributed by atoms with Gasteiger partial charge in [-0.1, -0.05) is 24.3 Å². The van der Waals surface area contributed by atoms with Crippen molar-refractivity contribution in [2.45, 2.75) is 43.9 Å². The average molecular weight is 260 g/mol. The van der Waals surface area contributed by atoms with Crippen molar-refractivity contribution >= 4 is 5.91 Å². The van der Waals surface area contributed by atoms with Crippen LogP contribution in [-0.2, 0) is 17.6 Å². The van der Waals surface area contributed by atoms with Crippen molar-refractivity contribution in [3.05, 3.63) is 35.4 Å². The maximum Gasteiger partial charge on any atom is 0.237 e. The first-order valence-electron chi connectivity index (χ1n) is 7.01. The Balaban J connectivity index is 1.58. The molecule has 1 aromatic rings. The standard InChI is InChI=1S/C15H20N2O2/c18-13-8-14(16-9-13)15(19)17-12-6-5-10-3-1-2-4-11(10)7-12/h1-4,12-14,16,18H,5-9H2,(H,17,19). The minimum absolute atomic E-state index is 0.0286. The maximum atomic E-state index is 12.1. The number of hydrogen-bond acceptors (Lipinski definition) is 3. The molecule has 4 nitrogen and oxygen atoms in total. The number of nitrogens with one attached hydrogen (secondary N) is 2. The molecule has 0 saturated carbocycles. The highest BCUT2D eigenvalue weighted by molar-refractivity contribution is 5.82. The summed E-state index contributed by atoms with van der Waals surface area (Å²) >= 11 is 0. The zero-order chi connectivity index (χ0) is 13.2. The summed E-state index contributed by atoms with van der Waals surface area (Å²) in [6.45, 7) is 0.519. The van der Waals surface area contributed by atoms with Gasteiger partial charge in [0.15, 0.2) is 0 Å². The van der Waals surface area contributed by atoms with Gasteiger partial charge in [-0.3, -0.25) is 4.79 Å². The lowest BCUT2D eigenvalue weighted by molar-refractivity contribution is -0.123. The van der Waals surface area contributed by atoms with Gasteiger partial charge in [-0.25, -0.2) is 0 Å². The molecule has 0 radical (unpaired) electrons. The Kier molecular flexibility index (Phi) is 3.53. The van der Waals surface area contributed by atoms with Crippen molar-refractivity contribution in [3.63, 3.8) is 0 Å². The minimum Gasteiger partial charge on any atom is -0.392 e. The van der Waals surface area contributed by atoms with Gasteiger partial charge >= 0.3 is 0 Å². The molecule has 102 valence electrons. The number of aryl methyl sites for hydroxylation is 1. The second-order valence-corrected chi connectivity index (χ2v) is 5.57. The highest BCUT2D eigenvalue weighted by atomic mass is 16.3. The van der Waals surface area contributed by atoms with E-state index in [2.05, 4.69) is 34.9 Å². The zero-order valence-electron chi connectivity index (χ0n) is 10.9. The molecule has 0 aromatic heterocycles. The van der Waals surface area contributed by atoms with Crippen LogP contribution in [0.2, 0.25) is 0 Å².